The number of hydrazine groups is 1. The van der Waals surface area contributed by atoms with Crippen LogP contribution in [0.25, 0.3) is 0 Å². The molecule has 0 saturated heterocycles. The van der Waals surface area contributed by atoms with Crippen molar-refractivity contribution >= 4 is 27.5 Å². The number of nitrogens with two attached hydrogens (primary N) is 1. The molecular formula is C15H16BrClN2O. The van der Waals surface area contributed by atoms with Crippen molar-refractivity contribution in [2.75, 3.05) is 7.11 Å². The summed E-state index contributed by atoms with van der Waals surface area (Å²) in [5.41, 5.74) is 4.95. The molecule has 2 rings (SSSR count). The van der Waals surface area contributed by atoms with E-state index in [-0.39, 0.29) is 6.04 Å². The third-order valence-electron chi connectivity index (χ3n) is 3.14. The molecule has 5 heteroatoms. The largest absolute Gasteiger partial charge is 0.496 e. The van der Waals surface area contributed by atoms with Crippen molar-refractivity contribution in [3.8, 4) is 5.75 Å². The third-order valence-corrected chi connectivity index (χ3v) is 4.10. The normalized spacial score (nSPS) is 12.2. The first kappa shape index (κ1) is 15.3. The molecule has 3 nitrogen and oxygen atoms in total. The molecular weight excluding hydrogens is 340 g/mol. The van der Waals surface area contributed by atoms with Crippen LogP contribution in [0.5, 0.6) is 5.75 Å². The van der Waals surface area contributed by atoms with Gasteiger partial charge in [-0.15, -0.1) is 0 Å². The Morgan fingerprint density at radius 2 is 2.05 bits per heavy atom. The van der Waals surface area contributed by atoms with Crippen LogP contribution in [0, 0.1) is 0 Å². The van der Waals surface area contributed by atoms with Crippen LogP contribution in [0.15, 0.2) is 46.9 Å². The van der Waals surface area contributed by atoms with E-state index >= 15 is 0 Å². The van der Waals surface area contributed by atoms with Crippen LogP contribution >= 0.6 is 27.5 Å². The zero-order valence-corrected chi connectivity index (χ0v) is 13.4. The Morgan fingerprint density at radius 1 is 1.30 bits per heavy atom. The lowest BCUT2D eigenvalue weighted by molar-refractivity contribution is 0.412. The fourth-order valence-electron chi connectivity index (χ4n) is 2.09. The van der Waals surface area contributed by atoms with Crippen molar-refractivity contribution in [2.24, 2.45) is 5.84 Å². The summed E-state index contributed by atoms with van der Waals surface area (Å²) in [4.78, 5) is 0. The van der Waals surface area contributed by atoms with Gasteiger partial charge in [0.2, 0.25) is 0 Å². The molecule has 106 valence electrons. The summed E-state index contributed by atoms with van der Waals surface area (Å²) in [5.74, 6) is 6.48. The van der Waals surface area contributed by atoms with E-state index in [1.165, 1.54) is 0 Å². The first-order valence-electron chi connectivity index (χ1n) is 6.18. The molecule has 0 amide bonds. The molecule has 0 aliphatic rings. The molecule has 0 heterocycles. The van der Waals surface area contributed by atoms with Crippen molar-refractivity contribution in [1.82, 2.24) is 5.43 Å². The maximum atomic E-state index is 6.22. The number of hydrogen-bond donors (Lipinski definition) is 2. The molecule has 20 heavy (non-hydrogen) atoms. The van der Waals surface area contributed by atoms with E-state index in [2.05, 4.69) is 21.4 Å². The van der Waals surface area contributed by atoms with Crippen LogP contribution in [0.2, 0.25) is 5.02 Å². The minimum Gasteiger partial charge on any atom is -0.496 e. The van der Waals surface area contributed by atoms with E-state index in [9.17, 15) is 0 Å². The molecule has 3 N–H and O–H groups in total. The molecule has 2 aromatic rings. The van der Waals surface area contributed by atoms with Crippen LogP contribution < -0.4 is 16.0 Å². The van der Waals surface area contributed by atoms with Gasteiger partial charge in [0.25, 0.3) is 0 Å². The van der Waals surface area contributed by atoms with E-state index in [1.54, 1.807) is 7.11 Å². The molecule has 0 aliphatic carbocycles. The van der Waals surface area contributed by atoms with Gasteiger partial charge in [0.15, 0.2) is 0 Å². The Balaban J connectivity index is 2.23. The van der Waals surface area contributed by atoms with E-state index in [4.69, 9.17) is 22.2 Å². The fraction of sp³-hybridized carbons (Fsp3) is 0.200. The van der Waals surface area contributed by atoms with Crippen LogP contribution in [-0.4, -0.2) is 7.11 Å². The van der Waals surface area contributed by atoms with Gasteiger partial charge < -0.3 is 4.74 Å². The molecule has 1 unspecified atom stereocenters. The molecule has 2 aromatic carbocycles. The Hall–Kier alpha value is -1.07. The molecule has 0 spiro atoms. The van der Waals surface area contributed by atoms with Gasteiger partial charge in [-0.25, -0.2) is 0 Å². The Morgan fingerprint density at radius 3 is 2.65 bits per heavy atom. The number of benzene rings is 2. The quantitative estimate of drug-likeness (QED) is 0.632. The average Bonchev–Trinajstić information content (AvgIpc) is 2.46. The van der Waals surface area contributed by atoms with E-state index in [1.807, 2.05) is 42.5 Å². The van der Waals surface area contributed by atoms with Gasteiger partial charge in [0.1, 0.15) is 5.75 Å². The number of nitrogens with one attached hydrogen (secondary N) is 1. The lowest BCUT2D eigenvalue weighted by Gasteiger charge is -2.18. The summed E-state index contributed by atoms with van der Waals surface area (Å²) < 4.78 is 6.15. The number of halogens is 2. The van der Waals surface area contributed by atoms with Crippen LogP contribution in [0.1, 0.15) is 17.2 Å². The van der Waals surface area contributed by atoms with Crippen LogP contribution in [-0.2, 0) is 6.42 Å². The number of methoxy groups -OCH3 is 1. The van der Waals surface area contributed by atoms with Gasteiger partial charge in [-0.2, -0.15) is 0 Å². The number of ether oxygens (including phenoxy) is 1. The summed E-state index contributed by atoms with van der Waals surface area (Å²) >= 11 is 9.71. The Kier molecular flexibility index (Phi) is 5.43. The lowest BCUT2D eigenvalue weighted by atomic mass is 9.99. The Labute approximate surface area is 132 Å². The first-order chi connectivity index (χ1) is 9.65. The summed E-state index contributed by atoms with van der Waals surface area (Å²) in [6.07, 6.45) is 0.739. The number of rotatable bonds is 5. The third kappa shape index (κ3) is 3.52. The van der Waals surface area contributed by atoms with Crippen LogP contribution in [0.4, 0.5) is 0 Å². The molecule has 0 aliphatic heterocycles. The summed E-state index contributed by atoms with van der Waals surface area (Å²) in [6, 6.07) is 13.6. The van der Waals surface area contributed by atoms with E-state index in [0.29, 0.717) is 5.02 Å². The molecule has 0 bridgehead atoms. The van der Waals surface area contributed by atoms with Gasteiger partial charge >= 0.3 is 0 Å². The zero-order chi connectivity index (χ0) is 14.5. The highest BCUT2D eigenvalue weighted by atomic mass is 79.9. The smallest absolute Gasteiger partial charge is 0.133 e. The highest BCUT2D eigenvalue weighted by Gasteiger charge is 2.14. The fourth-order valence-corrected chi connectivity index (χ4v) is 2.94. The predicted molar refractivity (Wildman–Crippen MR) is 85.9 cm³/mol. The van der Waals surface area contributed by atoms with Crippen LogP contribution in [0.3, 0.4) is 0 Å². The molecule has 0 fully saturated rings. The zero-order valence-electron chi connectivity index (χ0n) is 11.1. The van der Waals surface area contributed by atoms with Crippen molar-refractivity contribution in [1.29, 1.82) is 0 Å². The molecule has 0 aromatic heterocycles. The van der Waals surface area contributed by atoms with Gasteiger partial charge in [-0.05, 0) is 51.7 Å². The summed E-state index contributed by atoms with van der Waals surface area (Å²) in [6.45, 7) is 0. The second-order valence-electron chi connectivity index (χ2n) is 4.41. The predicted octanol–water partition coefficient (Wildman–Crippen LogP) is 3.86. The van der Waals surface area contributed by atoms with Gasteiger partial charge in [-0.3, -0.25) is 11.3 Å². The van der Waals surface area contributed by atoms with E-state index < -0.39 is 0 Å². The van der Waals surface area contributed by atoms with Crippen molar-refractivity contribution < 1.29 is 4.74 Å². The number of hydrogen-bond acceptors (Lipinski definition) is 3. The minimum absolute atomic E-state index is 0.0380. The SMILES string of the molecule is COc1ccc(CC(NN)c2ccccc2Cl)cc1Br. The highest BCUT2D eigenvalue weighted by molar-refractivity contribution is 9.10. The highest BCUT2D eigenvalue weighted by Crippen LogP contribution is 2.29. The maximum Gasteiger partial charge on any atom is 0.133 e. The molecule has 0 saturated carbocycles. The topological polar surface area (TPSA) is 47.3 Å². The summed E-state index contributed by atoms with van der Waals surface area (Å²) in [7, 11) is 1.65. The first-order valence-corrected chi connectivity index (χ1v) is 7.35. The standard InChI is InChI=1S/C15H16BrClN2O/c1-20-15-7-6-10(8-12(15)16)9-14(19-18)11-4-2-3-5-13(11)17/h2-8,14,19H,9,18H2,1H3. The average molecular weight is 356 g/mol. The monoisotopic (exact) mass is 354 g/mol. The Bertz CT molecular complexity index is 592. The van der Waals surface area contributed by atoms with Gasteiger partial charge in [0, 0.05) is 5.02 Å². The molecule has 1 atom stereocenters. The van der Waals surface area contributed by atoms with Crippen molar-refractivity contribution in [3.05, 3.63) is 63.1 Å². The second kappa shape index (κ2) is 7.09. The van der Waals surface area contributed by atoms with Gasteiger partial charge in [0.05, 0.1) is 17.6 Å². The summed E-state index contributed by atoms with van der Waals surface area (Å²) in [5, 5.41) is 0.711. The molecule has 0 radical (unpaired) electrons. The minimum atomic E-state index is -0.0380. The van der Waals surface area contributed by atoms with Gasteiger partial charge in [-0.1, -0.05) is 35.9 Å². The van der Waals surface area contributed by atoms with E-state index in [0.717, 1.165) is 27.8 Å². The lowest BCUT2D eigenvalue weighted by Crippen LogP contribution is -2.29. The van der Waals surface area contributed by atoms with Crippen molar-refractivity contribution in [2.45, 2.75) is 12.5 Å². The second-order valence-corrected chi connectivity index (χ2v) is 5.68. The van der Waals surface area contributed by atoms with Crippen molar-refractivity contribution in [3.63, 3.8) is 0 Å². The maximum absolute atomic E-state index is 6.22.